The average Bonchev–Trinajstić information content (AvgIpc) is 3.03. The number of amides is 2. The molecule has 2 aromatic carbocycles. The van der Waals surface area contributed by atoms with Gasteiger partial charge >= 0.3 is 6.03 Å². The van der Waals surface area contributed by atoms with Crippen molar-refractivity contribution in [2.45, 2.75) is 25.8 Å². The number of aryl methyl sites for hydroxylation is 2. The highest BCUT2D eigenvalue weighted by molar-refractivity contribution is 5.91. The van der Waals surface area contributed by atoms with Crippen LogP contribution in [0.5, 0.6) is 5.75 Å². The van der Waals surface area contributed by atoms with E-state index in [1.165, 1.54) is 11.1 Å². The minimum Gasteiger partial charge on any atom is -0.495 e. The predicted octanol–water partition coefficient (Wildman–Crippen LogP) is 3.52. The monoisotopic (exact) mass is 340 g/mol. The molecule has 0 spiro atoms. The second-order valence-electron chi connectivity index (χ2n) is 6.30. The zero-order chi connectivity index (χ0) is 17.8. The number of carbonyl (C=O) groups is 1. The third-order valence-corrected chi connectivity index (χ3v) is 4.68. The van der Waals surface area contributed by atoms with Gasteiger partial charge in [-0.3, -0.25) is 0 Å². The second-order valence-corrected chi connectivity index (χ2v) is 6.30. The first-order valence-corrected chi connectivity index (χ1v) is 8.55. The summed E-state index contributed by atoms with van der Waals surface area (Å²) in [5.74, 6) is 0.620. The van der Waals surface area contributed by atoms with Crippen molar-refractivity contribution in [3.05, 3.63) is 59.2 Å². The Morgan fingerprint density at radius 2 is 2.12 bits per heavy atom. The number of anilines is 1. The maximum Gasteiger partial charge on any atom is 0.322 e. The fourth-order valence-electron chi connectivity index (χ4n) is 3.47. The molecule has 1 aliphatic rings. The van der Waals surface area contributed by atoms with Crippen LogP contribution in [0.2, 0.25) is 0 Å². The molecule has 5 heteroatoms. The van der Waals surface area contributed by atoms with Crippen LogP contribution in [-0.2, 0) is 6.42 Å². The van der Waals surface area contributed by atoms with Crippen LogP contribution < -0.4 is 10.1 Å². The molecule has 0 heterocycles. The zero-order valence-corrected chi connectivity index (χ0v) is 14.7. The summed E-state index contributed by atoms with van der Waals surface area (Å²) in [5.41, 5.74) is 4.12. The Hall–Kier alpha value is -2.53. The lowest BCUT2D eigenvalue weighted by Gasteiger charge is -2.29. The first-order chi connectivity index (χ1) is 12.1. The Bertz CT molecular complexity index is 760. The number of aliphatic hydroxyl groups excluding tert-OH is 1. The minimum absolute atomic E-state index is 0.0147. The molecule has 3 rings (SSSR count). The van der Waals surface area contributed by atoms with Crippen LogP contribution >= 0.6 is 0 Å². The summed E-state index contributed by atoms with van der Waals surface area (Å²) < 4.78 is 5.34. The molecule has 2 N–H and O–H groups in total. The largest absolute Gasteiger partial charge is 0.495 e. The van der Waals surface area contributed by atoms with Crippen LogP contribution in [0.3, 0.4) is 0 Å². The Labute approximate surface area is 148 Å². The van der Waals surface area contributed by atoms with Gasteiger partial charge in [-0.1, -0.05) is 30.3 Å². The van der Waals surface area contributed by atoms with Crippen molar-refractivity contribution in [3.8, 4) is 5.75 Å². The molecular weight excluding hydrogens is 316 g/mol. The van der Waals surface area contributed by atoms with Crippen molar-refractivity contribution in [2.24, 2.45) is 0 Å². The number of benzene rings is 2. The summed E-state index contributed by atoms with van der Waals surface area (Å²) in [6, 6.07) is 13.6. The van der Waals surface area contributed by atoms with E-state index in [0.29, 0.717) is 18.0 Å². The van der Waals surface area contributed by atoms with Gasteiger partial charge in [-0.15, -0.1) is 0 Å². The molecule has 1 unspecified atom stereocenters. The second kappa shape index (κ2) is 7.57. The van der Waals surface area contributed by atoms with Gasteiger partial charge in [0.15, 0.2) is 0 Å². The average molecular weight is 340 g/mol. The Morgan fingerprint density at radius 1 is 1.32 bits per heavy atom. The fraction of sp³-hybridized carbons (Fsp3) is 0.350. The molecule has 0 aliphatic heterocycles. The van der Waals surface area contributed by atoms with Crippen LogP contribution in [0, 0.1) is 6.92 Å². The van der Waals surface area contributed by atoms with E-state index < -0.39 is 0 Å². The molecule has 5 nitrogen and oxygen atoms in total. The molecule has 132 valence electrons. The van der Waals surface area contributed by atoms with Gasteiger partial charge in [-0.05, 0) is 48.6 Å². The quantitative estimate of drug-likeness (QED) is 0.875. The van der Waals surface area contributed by atoms with Crippen molar-refractivity contribution in [3.63, 3.8) is 0 Å². The van der Waals surface area contributed by atoms with E-state index in [4.69, 9.17) is 4.74 Å². The van der Waals surface area contributed by atoms with E-state index in [9.17, 15) is 9.90 Å². The van der Waals surface area contributed by atoms with E-state index >= 15 is 0 Å². The number of hydrogen-bond donors (Lipinski definition) is 2. The SMILES string of the molecule is COc1ccc(C)cc1NC(=O)N(CCO)C1CCc2ccccc21. The zero-order valence-electron chi connectivity index (χ0n) is 14.7. The van der Waals surface area contributed by atoms with Crippen LogP contribution in [0.1, 0.15) is 29.2 Å². The van der Waals surface area contributed by atoms with Crippen LogP contribution in [0.15, 0.2) is 42.5 Å². The number of ether oxygens (including phenoxy) is 1. The lowest BCUT2D eigenvalue weighted by molar-refractivity contribution is 0.162. The number of carbonyl (C=O) groups excluding carboxylic acids is 1. The van der Waals surface area contributed by atoms with E-state index in [1.807, 2.05) is 37.3 Å². The Kier molecular flexibility index (Phi) is 5.24. The number of nitrogens with zero attached hydrogens (tertiary/aromatic N) is 1. The summed E-state index contributed by atoms with van der Waals surface area (Å²) in [5, 5.41) is 12.4. The standard InChI is InChI=1S/C20H24N2O3/c1-14-7-10-19(25-2)17(13-14)21-20(24)22(11-12-23)18-9-8-15-5-3-4-6-16(15)18/h3-7,10,13,18,23H,8-9,11-12H2,1-2H3,(H,21,24). The molecule has 1 atom stereocenters. The van der Waals surface area contributed by atoms with Crippen molar-refractivity contribution >= 4 is 11.7 Å². The summed E-state index contributed by atoms with van der Waals surface area (Å²) >= 11 is 0. The van der Waals surface area contributed by atoms with Gasteiger partial charge in [-0.2, -0.15) is 0 Å². The van der Waals surface area contributed by atoms with Crippen molar-refractivity contribution in [1.29, 1.82) is 0 Å². The van der Waals surface area contributed by atoms with Gasteiger partial charge in [0, 0.05) is 6.54 Å². The Balaban J connectivity index is 1.84. The number of methoxy groups -OCH3 is 1. The molecule has 0 radical (unpaired) electrons. The molecule has 25 heavy (non-hydrogen) atoms. The summed E-state index contributed by atoms with van der Waals surface area (Å²) in [6.45, 7) is 2.18. The molecular formula is C20H24N2O3. The molecule has 0 saturated heterocycles. The maximum absolute atomic E-state index is 12.9. The Morgan fingerprint density at radius 3 is 2.88 bits per heavy atom. The molecule has 1 aliphatic carbocycles. The van der Waals surface area contributed by atoms with E-state index in [0.717, 1.165) is 18.4 Å². The molecule has 0 fully saturated rings. The highest BCUT2D eigenvalue weighted by atomic mass is 16.5. The number of nitrogens with one attached hydrogen (secondary N) is 1. The van der Waals surface area contributed by atoms with Crippen molar-refractivity contribution in [2.75, 3.05) is 25.6 Å². The third kappa shape index (κ3) is 3.61. The van der Waals surface area contributed by atoms with E-state index in [-0.39, 0.29) is 18.7 Å². The lowest BCUT2D eigenvalue weighted by Crippen LogP contribution is -2.39. The smallest absolute Gasteiger partial charge is 0.322 e. The highest BCUT2D eigenvalue weighted by Crippen LogP contribution is 2.36. The molecule has 2 aromatic rings. The van der Waals surface area contributed by atoms with Gasteiger partial charge < -0.3 is 20.1 Å². The van der Waals surface area contributed by atoms with Gasteiger partial charge in [0.2, 0.25) is 0 Å². The number of rotatable bonds is 5. The maximum atomic E-state index is 12.9. The molecule has 0 saturated carbocycles. The van der Waals surface area contributed by atoms with Crippen LogP contribution in [0.4, 0.5) is 10.5 Å². The van der Waals surface area contributed by atoms with Gasteiger partial charge in [0.05, 0.1) is 25.4 Å². The van der Waals surface area contributed by atoms with Crippen LogP contribution in [0.25, 0.3) is 0 Å². The highest BCUT2D eigenvalue weighted by Gasteiger charge is 2.30. The van der Waals surface area contributed by atoms with Gasteiger partial charge in [0.25, 0.3) is 0 Å². The van der Waals surface area contributed by atoms with Gasteiger partial charge in [0.1, 0.15) is 5.75 Å². The predicted molar refractivity (Wildman–Crippen MR) is 98.0 cm³/mol. The molecule has 0 aromatic heterocycles. The summed E-state index contributed by atoms with van der Waals surface area (Å²) in [6.07, 6.45) is 1.82. The fourth-order valence-corrected chi connectivity index (χ4v) is 3.47. The van der Waals surface area contributed by atoms with Gasteiger partial charge in [-0.25, -0.2) is 4.79 Å². The lowest BCUT2D eigenvalue weighted by atomic mass is 10.1. The first-order valence-electron chi connectivity index (χ1n) is 8.55. The topological polar surface area (TPSA) is 61.8 Å². The summed E-state index contributed by atoms with van der Waals surface area (Å²) in [7, 11) is 1.58. The van der Waals surface area contributed by atoms with E-state index in [2.05, 4.69) is 17.4 Å². The molecule has 0 bridgehead atoms. The normalized spacial score (nSPS) is 15.6. The number of aliphatic hydroxyl groups is 1. The summed E-state index contributed by atoms with van der Waals surface area (Å²) in [4.78, 5) is 14.6. The molecule has 2 amide bonds. The number of fused-ring (bicyclic) bond motifs is 1. The minimum atomic E-state index is -0.223. The van der Waals surface area contributed by atoms with Crippen LogP contribution in [-0.4, -0.2) is 36.3 Å². The van der Waals surface area contributed by atoms with Crippen molar-refractivity contribution < 1.29 is 14.6 Å². The third-order valence-electron chi connectivity index (χ3n) is 4.68. The number of urea groups is 1. The van der Waals surface area contributed by atoms with Crippen molar-refractivity contribution in [1.82, 2.24) is 4.90 Å². The van der Waals surface area contributed by atoms with E-state index in [1.54, 1.807) is 12.0 Å². The first kappa shape index (κ1) is 17.3. The number of hydrogen-bond acceptors (Lipinski definition) is 3.